The number of aromatic nitrogens is 4. The van der Waals surface area contributed by atoms with Gasteiger partial charge in [0.25, 0.3) is 0 Å². The second-order valence-corrected chi connectivity index (χ2v) is 6.64. The van der Waals surface area contributed by atoms with Crippen LogP contribution in [0.2, 0.25) is 0 Å². The molecule has 0 aliphatic carbocycles. The van der Waals surface area contributed by atoms with E-state index in [0.29, 0.717) is 17.9 Å². The first-order chi connectivity index (χ1) is 11.7. The van der Waals surface area contributed by atoms with Gasteiger partial charge in [-0.05, 0) is 25.5 Å². The molecule has 0 spiro atoms. The molecule has 2 aromatic heterocycles. The highest BCUT2D eigenvalue weighted by Gasteiger charge is 2.25. The molecule has 0 amide bonds. The van der Waals surface area contributed by atoms with Crippen LogP contribution < -0.4 is 5.32 Å². The van der Waals surface area contributed by atoms with Crippen LogP contribution >= 0.6 is 0 Å². The maximum Gasteiger partial charge on any atom is 0.222 e. The summed E-state index contributed by atoms with van der Waals surface area (Å²) in [5, 5.41) is 3.03. The summed E-state index contributed by atoms with van der Waals surface area (Å²) in [4.78, 5) is 20.4. The van der Waals surface area contributed by atoms with Crippen LogP contribution in [-0.4, -0.2) is 38.4 Å². The molecule has 2 aromatic rings. The van der Waals surface area contributed by atoms with E-state index in [1.807, 2.05) is 31.7 Å². The van der Waals surface area contributed by atoms with E-state index in [2.05, 4.69) is 44.0 Å². The number of rotatable bonds is 5. The Balaban J connectivity index is 1.76. The van der Waals surface area contributed by atoms with E-state index >= 15 is 0 Å². The smallest absolute Gasteiger partial charge is 0.222 e. The highest BCUT2D eigenvalue weighted by Crippen LogP contribution is 2.31. The van der Waals surface area contributed by atoms with Crippen molar-refractivity contribution < 1.29 is 0 Å². The van der Waals surface area contributed by atoms with Crippen LogP contribution in [0.3, 0.4) is 0 Å². The zero-order chi connectivity index (χ0) is 16.9. The Morgan fingerprint density at radius 1 is 1.21 bits per heavy atom. The van der Waals surface area contributed by atoms with Crippen molar-refractivity contribution in [2.45, 2.75) is 51.6 Å². The van der Waals surface area contributed by atoms with E-state index in [4.69, 9.17) is 0 Å². The fraction of sp³-hybridized carbons (Fsp3) is 0.556. The van der Waals surface area contributed by atoms with Crippen LogP contribution in [0, 0.1) is 0 Å². The van der Waals surface area contributed by atoms with Gasteiger partial charge < -0.3 is 5.32 Å². The van der Waals surface area contributed by atoms with E-state index in [1.54, 1.807) is 0 Å². The minimum absolute atomic E-state index is 0.332. The van der Waals surface area contributed by atoms with Crippen LogP contribution in [0.4, 0.5) is 5.95 Å². The van der Waals surface area contributed by atoms with Crippen molar-refractivity contribution in [2.75, 3.05) is 18.9 Å². The molecule has 1 saturated heterocycles. The third-order valence-electron chi connectivity index (χ3n) is 4.48. The molecule has 3 rings (SSSR count). The van der Waals surface area contributed by atoms with Crippen LogP contribution in [0.1, 0.15) is 62.2 Å². The van der Waals surface area contributed by atoms with Gasteiger partial charge >= 0.3 is 0 Å². The minimum Gasteiger partial charge on any atom is -0.357 e. The molecule has 0 radical (unpaired) electrons. The Hall–Kier alpha value is -2.08. The summed E-state index contributed by atoms with van der Waals surface area (Å²) < 4.78 is 0. The van der Waals surface area contributed by atoms with Gasteiger partial charge in [-0.25, -0.2) is 19.9 Å². The number of anilines is 1. The molecule has 0 unspecified atom stereocenters. The van der Waals surface area contributed by atoms with Crippen LogP contribution in [0.15, 0.2) is 24.7 Å². The van der Waals surface area contributed by atoms with Gasteiger partial charge in [0.1, 0.15) is 5.82 Å². The summed E-state index contributed by atoms with van der Waals surface area (Å²) in [5.41, 5.74) is 2.25. The molecule has 0 aromatic carbocycles. The second kappa shape index (κ2) is 7.66. The summed E-state index contributed by atoms with van der Waals surface area (Å²) in [6.45, 7) is 6.17. The zero-order valence-corrected chi connectivity index (χ0v) is 14.7. The molecular formula is C18H26N6. The Kier molecular flexibility index (Phi) is 5.35. The van der Waals surface area contributed by atoms with Crippen molar-refractivity contribution in [1.82, 2.24) is 24.8 Å². The average molecular weight is 326 g/mol. The first-order valence-electron chi connectivity index (χ1n) is 8.73. The summed E-state index contributed by atoms with van der Waals surface area (Å²) in [5.74, 6) is 1.95. The van der Waals surface area contributed by atoms with Gasteiger partial charge in [0.05, 0.1) is 11.7 Å². The number of piperidine rings is 1. The van der Waals surface area contributed by atoms with Crippen LogP contribution in [0.25, 0.3) is 0 Å². The standard InChI is InChI=1S/C18H26N6/c1-13(2)17-21-10-14(11-22-17)12-24-9-5-4-6-16(24)15-7-8-20-18(19-3)23-15/h7-8,10-11,13,16H,4-6,9,12H2,1-3H3,(H,19,20,23)/t16-/m0/s1. The third kappa shape index (κ3) is 3.87. The number of hydrogen-bond acceptors (Lipinski definition) is 6. The normalized spacial score (nSPS) is 18.8. The fourth-order valence-corrected chi connectivity index (χ4v) is 3.17. The molecular weight excluding hydrogens is 300 g/mol. The van der Waals surface area contributed by atoms with Gasteiger partial charge in [0.15, 0.2) is 0 Å². The van der Waals surface area contributed by atoms with Gasteiger partial charge in [-0.1, -0.05) is 20.3 Å². The van der Waals surface area contributed by atoms with E-state index < -0.39 is 0 Å². The molecule has 128 valence electrons. The van der Waals surface area contributed by atoms with Gasteiger partial charge in [0.2, 0.25) is 5.95 Å². The van der Waals surface area contributed by atoms with Crippen molar-refractivity contribution in [2.24, 2.45) is 0 Å². The molecule has 1 fully saturated rings. The average Bonchev–Trinajstić information content (AvgIpc) is 2.62. The van der Waals surface area contributed by atoms with Gasteiger partial charge in [-0.15, -0.1) is 0 Å². The van der Waals surface area contributed by atoms with E-state index in [-0.39, 0.29) is 0 Å². The van der Waals surface area contributed by atoms with Gasteiger partial charge in [0, 0.05) is 43.7 Å². The molecule has 6 heteroatoms. The Morgan fingerprint density at radius 3 is 2.71 bits per heavy atom. The number of likely N-dealkylation sites (tertiary alicyclic amines) is 1. The van der Waals surface area contributed by atoms with Crippen molar-refractivity contribution in [3.63, 3.8) is 0 Å². The first kappa shape index (κ1) is 16.8. The SMILES string of the molecule is CNc1nccc([C@@H]2CCCCN2Cc2cnc(C(C)C)nc2)n1. The lowest BCUT2D eigenvalue weighted by molar-refractivity contribution is 0.137. The van der Waals surface area contributed by atoms with E-state index in [1.165, 1.54) is 12.8 Å². The lowest BCUT2D eigenvalue weighted by Gasteiger charge is -2.35. The predicted octanol–water partition coefficient (Wildman–Crippen LogP) is 3.16. The quantitative estimate of drug-likeness (QED) is 0.910. The molecule has 3 heterocycles. The molecule has 24 heavy (non-hydrogen) atoms. The molecule has 1 atom stereocenters. The predicted molar refractivity (Wildman–Crippen MR) is 94.7 cm³/mol. The Labute approximate surface area is 143 Å². The minimum atomic E-state index is 0.332. The number of hydrogen-bond donors (Lipinski definition) is 1. The number of nitrogens with one attached hydrogen (secondary N) is 1. The molecule has 1 aliphatic heterocycles. The first-order valence-corrected chi connectivity index (χ1v) is 8.73. The molecule has 0 bridgehead atoms. The van der Waals surface area contributed by atoms with Gasteiger partial charge in [-0.2, -0.15) is 0 Å². The second-order valence-electron chi connectivity index (χ2n) is 6.64. The van der Waals surface area contributed by atoms with E-state index in [0.717, 1.165) is 36.6 Å². The van der Waals surface area contributed by atoms with Crippen molar-refractivity contribution in [1.29, 1.82) is 0 Å². The summed E-state index contributed by atoms with van der Waals surface area (Å²) in [7, 11) is 1.85. The lowest BCUT2D eigenvalue weighted by atomic mass is 9.98. The van der Waals surface area contributed by atoms with Gasteiger partial charge in [-0.3, -0.25) is 4.90 Å². The van der Waals surface area contributed by atoms with E-state index in [9.17, 15) is 0 Å². The molecule has 0 saturated carbocycles. The highest BCUT2D eigenvalue weighted by atomic mass is 15.2. The monoisotopic (exact) mass is 326 g/mol. The van der Waals surface area contributed by atoms with Crippen LogP contribution in [-0.2, 0) is 6.54 Å². The Bertz CT molecular complexity index is 655. The van der Waals surface area contributed by atoms with Crippen LogP contribution in [0.5, 0.6) is 0 Å². The number of nitrogens with zero attached hydrogens (tertiary/aromatic N) is 5. The molecule has 1 aliphatic rings. The van der Waals surface area contributed by atoms with Crippen molar-refractivity contribution >= 4 is 5.95 Å². The molecule has 1 N–H and O–H groups in total. The maximum atomic E-state index is 4.65. The third-order valence-corrected chi connectivity index (χ3v) is 4.48. The van der Waals surface area contributed by atoms with Crippen molar-refractivity contribution in [3.05, 3.63) is 41.7 Å². The summed E-state index contributed by atoms with van der Waals surface area (Å²) in [6.07, 6.45) is 9.36. The topological polar surface area (TPSA) is 66.8 Å². The highest BCUT2D eigenvalue weighted by molar-refractivity contribution is 5.25. The largest absolute Gasteiger partial charge is 0.357 e. The summed E-state index contributed by atoms with van der Waals surface area (Å²) >= 11 is 0. The maximum absolute atomic E-state index is 4.65. The lowest BCUT2D eigenvalue weighted by Crippen LogP contribution is -2.33. The Morgan fingerprint density at radius 2 is 2.00 bits per heavy atom. The summed E-state index contributed by atoms with van der Waals surface area (Å²) in [6, 6.07) is 2.36. The fourth-order valence-electron chi connectivity index (χ4n) is 3.17. The van der Waals surface area contributed by atoms with Crippen molar-refractivity contribution in [3.8, 4) is 0 Å². The molecule has 6 nitrogen and oxygen atoms in total. The zero-order valence-electron chi connectivity index (χ0n) is 14.7.